The Morgan fingerprint density at radius 2 is 1.86 bits per heavy atom. The van der Waals surface area contributed by atoms with E-state index >= 15 is 0 Å². The van der Waals surface area contributed by atoms with Crippen LogP contribution in [0.15, 0.2) is 48.5 Å². The van der Waals surface area contributed by atoms with E-state index in [4.69, 9.17) is 4.74 Å². The lowest BCUT2D eigenvalue weighted by molar-refractivity contribution is -0.121. The van der Waals surface area contributed by atoms with Gasteiger partial charge in [0, 0.05) is 31.7 Å². The Labute approximate surface area is 167 Å². The second kappa shape index (κ2) is 10.1. The predicted molar refractivity (Wildman–Crippen MR) is 112 cm³/mol. The zero-order valence-electron chi connectivity index (χ0n) is 16.6. The number of phenols is 1. The van der Waals surface area contributed by atoms with Crippen molar-refractivity contribution < 1.29 is 14.6 Å². The second-order valence-electron chi connectivity index (χ2n) is 7.39. The molecule has 2 aromatic rings. The molecule has 1 atom stereocenters. The molecule has 0 saturated carbocycles. The number of nitrogens with zero attached hydrogens (tertiary/aromatic N) is 1. The highest BCUT2D eigenvalue weighted by Crippen LogP contribution is 2.24. The number of hydrogen-bond donors (Lipinski definition) is 2. The number of carbonyl (C=O) groups excluding carboxylic acids is 1. The number of ether oxygens (including phenoxy) is 1. The molecule has 1 unspecified atom stereocenters. The Balaban J connectivity index is 1.44. The van der Waals surface area contributed by atoms with Gasteiger partial charge in [0.1, 0.15) is 5.75 Å². The summed E-state index contributed by atoms with van der Waals surface area (Å²) >= 11 is 0. The van der Waals surface area contributed by atoms with E-state index in [9.17, 15) is 9.90 Å². The van der Waals surface area contributed by atoms with Gasteiger partial charge in [0.2, 0.25) is 5.91 Å². The molecule has 1 aliphatic heterocycles. The lowest BCUT2D eigenvalue weighted by atomic mass is 9.95. The van der Waals surface area contributed by atoms with Crippen LogP contribution in [0.25, 0.3) is 0 Å². The number of carbonyl (C=O) groups is 1. The third kappa shape index (κ3) is 5.73. The van der Waals surface area contributed by atoms with Gasteiger partial charge in [0.25, 0.3) is 0 Å². The van der Waals surface area contributed by atoms with Crippen molar-refractivity contribution in [2.24, 2.45) is 0 Å². The van der Waals surface area contributed by atoms with Crippen LogP contribution in [0.5, 0.6) is 5.75 Å². The Morgan fingerprint density at radius 1 is 1.14 bits per heavy atom. The molecule has 1 fully saturated rings. The van der Waals surface area contributed by atoms with E-state index in [1.807, 2.05) is 24.3 Å². The van der Waals surface area contributed by atoms with Crippen LogP contribution >= 0.6 is 0 Å². The summed E-state index contributed by atoms with van der Waals surface area (Å²) in [5.41, 5.74) is 3.53. The van der Waals surface area contributed by atoms with Crippen LogP contribution < -0.4 is 10.2 Å². The van der Waals surface area contributed by atoms with Gasteiger partial charge in [0.05, 0.1) is 13.2 Å². The van der Waals surface area contributed by atoms with E-state index in [1.54, 1.807) is 12.1 Å². The van der Waals surface area contributed by atoms with Gasteiger partial charge in [-0.15, -0.1) is 0 Å². The van der Waals surface area contributed by atoms with Gasteiger partial charge in [-0.3, -0.25) is 4.79 Å². The third-order valence-corrected chi connectivity index (χ3v) is 5.32. The first-order chi connectivity index (χ1) is 13.6. The molecule has 1 saturated heterocycles. The number of para-hydroxylation sites is 1. The maximum atomic E-state index is 12.3. The molecule has 0 aromatic heterocycles. The van der Waals surface area contributed by atoms with Crippen molar-refractivity contribution >= 4 is 11.6 Å². The van der Waals surface area contributed by atoms with Crippen LogP contribution in [0.2, 0.25) is 0 Å². The molecule has 1 aliphatic rings. The number of hydrogen-bond acceptors (Lipinski definition) is 4. The smallest absolute Gasteiger partial charge is 0.220 e. The van der Waals surface area contributed by atoms with Gasteiger partial charge >= 0.3 is 0 Å². The summed E-state index contributed by atoms with van der Waals surface area (Å²) in [6.45, 7) is 5.99. The molecule has 1 heterocycles. The Morgan fingerprint density at radius 3 is 2.61 bits per heavy atom. The minimum absolute atomic E-state index is 0.0923. The molecule has 0 aliphatic carbocycles. The van der Waals surface area contributed by atoms with Crippen LogP contribution in [0.1, 0.15) is 43.2 Å². The highest BCUT2D eigenvalue weighted by atomic mass is 16.5. The number of nitrogens with one attached hydrogen (secondary N) is 1. The van der Waals surface area contributed by atoms with Crippen molar-refractivity contribution in [3.63, 3.8) is 0 Å². The molecule has 2 N–H and O–H groups in total. The number of aromatic hydroxyl groups is 1. The van der Waals surface area contributed by atoms with Crippen LogP contribution in [0.3, 0.4) is 0 Å². The van der Waals surface area contributed by atoms with Crippen molar-refractivity contribution in [2.75, 3.05) is 31.2 Å². The third-order valence-electron chi connectivity index (χ3n) is 5.32. The summed E-state index contributed by atoms with van der Waals surface area (Å²) in [7, 11) is 0. The van der Waals surface area contributed by atoms with Gasteiger partial charge in [-0.05, 0) is 48.1 Å². The lowest BCUT2D eigenvalue weighted by Crippen LogP contribution is -2.37. The van der Waals surface area contributed by atoms with Crippen molar-refractivity contribution in [3.05, 3.63) is 59.7 Å². The van der Waals surface area contributed by atoms with Crippen LogP contribution in [-0.4, -0.2) is 37.3 Å². The van der Waals surface area contributed by atoms with E-state index in [1.165, 1.54) is 11.3 Å². The molecule has 1 amide bonds. The largest absolute Gasteiger partial charge is 0.508 e. The maximum Gasteiger partial charge on any atom is 0.220 e. The van der Waals surface area contributed by atoms with E-state index in [0.29, 0.717) is 18.9 Å². The van der Waals surface area contributed by atoms with Crippen molar-refractivity contribution in [2.45, 2.75) is 38.6 Å². The maximum absolute atomic E-state index is 12.3. The van der Waals surface area contributed by atoms with Gasteiger partial charge in [0.15, 0.2) is 0 Å². The number of anilines is 1. The van der Waals surface area contributed by atoms with Crippen LogP contribution in [0, 0.1) is 0 Å². The molecule has 3 rings (SSSR count). The zero-order valence-corrected chi connectivity index (χ0v) is 16.6. The average Bonchev–Trinajstić information content (AvgIpc) is 2.73. The van der Waals surface area contributed by atoms with Crippen LogP contribution in [-0.2, 0) is 16.1 Å². The Hall–Kier alpha value is -2.53. The normalized spacial score (nSPS) is 15.2. The standard InChI is InChI=1S/C23H30N2O3/c1-18(19-9-11-21(26)12-10-19)5-4-8-23(27)24-17-20-6-2-3-7-22(20)25-13-15-28-16-14-25/h2-3,6-7,9-12,18,26H,4-5,8,13-17H2,1H3,(H,24,27). The first kappa shape index (κ1) is 20.2. The average molecular weight is 383 g/mol. The fraction of sp³-hybridized carbons (Fsp3) is 0.435. The fourth-order valence-electron chi connectivity index (χ4n) is 3.59. The summed E-state index contributed by atoms with van der Waals surface area (Å²) < 4.78 is 5.44. The van der Waals surface area contributed by atoms with Crippen molar-refractivity contribution in [1.82, 2.24) is 5.32 Å². The fourth-order valence-corrected chi connectivity index (χ4v) is 3.59. The Bertz CT molecular complexity index is 755. The predicted octanol–water partition coefficient (Wildman–Crippen LogP) is 3.82. The monoisotopic (exact) mass is 382 g/mol. The summed E-state index contributed by atoms with van der Waals surface area (Å²) in [5.74, 6) is 0.748. The van der Waals surface area contributed by atoms with E-state index < -0.39 is 0 Å². The minimum Gasteiger partial charge on any atom is -0.508 e. The first-order valence-electron chi connectivity index (χ1n) is 10.1. The molecule has 0 bridgehead atoms. The molecule has 5 nitrogen and oxygen atoms in total. The molecule has 5 heteroatoms. The number of morpholine rings is 1. The highest BCUT2D eigenvalue weighted by molar-refractivity contribution is 5.76. The Kier molecular flexibility index (Phi) is 7.31. The number of benzene rings is 2. The quantitative estimate of drug-likeness (QED) is 0.729. The zero-order chi connectivity index (χ0) is 19.8. The number of phenolic OH excluding ortho intramolecular Hbond substituents is 1. The van der Waals surface area contributed by atoms with Gasteiger partial charge in [-0.25, -0.2) is 0 Å². The topological polar surface area (TPSA) is 61.8 Å². The molecular formula is C23H30N2O3. The van der Waals surface area contributed by atoms with Gasteiger partial charge in [-0.2, -0.15) is 0 Å². The second-order valence-corrected chi connectivity index (χ2v) is 7.39. The summed E-state index contributed by atoms with van der Waals surface area (Å²) in [4.78, 5) is 14.6. The van der Waals surface area contributed by atoms with Gasteiger partial charge in [-0.1, -0.05) is 37.3 Å². The highest BCUT2D eigenvalue weighted by Gasteiger charge is 2.15. The number of amides is 1. The van der Waals surface area contributed by atoms with E-state index in [2.05, 4.69) is 29.3 Å². The van der Waals surface area contributed by atoms with Gasteiger partial charge < -0.3 is 20.1 Å². The molecular weight excluding hydrogens is 352 g/mol. The summed E-state index contributed by atoms with van der Waals surface area (Å²) in [6.07, 6.45) is 2.32. The van der Waals surface area contributed by atoms with E-state index in [0.717, 1.165) is 44.7 Å². The molecule has 0 radical (unpaired) electrons. The molecule has 28 heavy (non-hydrogen) atoms. The SMILES string of the molecule is CC(CCCC(=O)NCc1ccccc1N1CCOCC1)c1ccc(O)cc1. The first-order valence-corrected chi connectivity index (χ1v) is 10.1. The summed E-state index contributed by atoms with van der Waals surface area (Å²) in [5, 5.41) is 12.5. The van der Waals surface area contributed by atoms with Crippen molar-refractivity contribution in [1.29, 1.82) is 0 Å². The minimum atomic E-state index is 0.0923. The molecule has 0 spiro atoms. The van der Waals surface area contributed by atoms with Crippen LogP contribution in [0.4, 0.5) is 5.69 Å². The molecule has 2 aromatic carbocycles. The lowest BCUT2D eigenvalue weighted by Gasteiger charge is -2.30. The number of rotatable bonds is 8. The van der Waals surface area contributed by atoms with Crippen molar-refractivity contribution in [3.8, 4) is 5.75 Å². The summed E-state index contributed by atoms with van der Waals surface area (Å²) in [6, 6.07) is 15.6. The van der Waals surface area contributed by atoms with E-state index in [-0.39, 0.29) is 11.7 Å². The molecule has 150 valence electrons.